The molecule has 1 amide bonds. The van der Waals surface area contributed by atoms with Crippen molar-refractivity contribution in [2.24, 2.45) is 0 Å². The van der Waals surface area contributed by atoms with Gasteiger partial charge >= 0.3 is 0 Å². The molecule has 2 heterocycles. The predicted molar refractivity (Wildman–Crippen MR) is 92.5 cm³/mol. The Morgan fingerprint density at radius 2 is 2.05 bits per heavy atom. The van der Waals surface area contributed by atoms with Crippen molar-refractivity contribution in [1.29, 1.82) is 0 Å². The van der Waals surface area contributed by atoms with Crippen LogP contribution in [0.2, 0.25) is 0 Å². The third-order valence-corrected chi connectivity index (χ3v) is 4.30. The van der Waals surface area contributed by atoms with Crippen molar-refractivity contribution in [2.45, 2.75) is 27.7 Å². The predicted octanol–water partition coefficient (Wildman–Crippen LogP) is 2.79. The van der Waals surface area contributed by atoms with E-state index >= 15 is 0 Å². The summed E-state index contributed by atoms with van der Waals surface area (Å²) in [6, 6.07) is 2.00. The van der Waals surface area contributed by atoms with E-state index in [1.165, 1.54) is 0 Å². The summed E-state index contributed by atoms with van der Waals surface area (Å²) >= 11 is 3.48. The van der Waals surface area contributed by atoms with Gasteiger partial charge in [-0.2, -0.15) is 0 Å². The molecule has 22 heavy (non-hydrogen) atoms. The normalized spacial score (nSPS) is 11.4. The van der Waals surface area contributed by atoms with Crippen LogP contribution < -0.4 is 5.32 Å². The Kier molecular flexibility index (Phi) is 5.58. The molecule has 120 valence electrons. The molecular weight excluding hydrogens is 344 g/mol. The molecule has 0 unspecified atom stereocenters. The maximum Gasteiger partial charge on any atom is 0.270 e. The smallest absolute Gasteiger partial charge is 0.270 e. The molecule has 0 fully saturated rings. The SMILES string of the molecule is CCN(CC)CCNC(=O)c1c(C)nc2c(C)cc(Br)cn12. The zero-order valence-electron chi connectivity index (χ0n) is 13.6. The summed E-state index contributed by atoms with van der Waals surface area (Å²) in [5.74, 6) is -0.0744. The molecule has 5 nitrogen and oxygen atoms in total. The van der Waals surface area contributed by atoms with E-state index in [1.807, 2.05) is 30.5 Å². The van der Waals surface area contributed by atoms with Gasteiger partial charge in [-0.15, -0.1) is 0 Å². The molecule has 0 atom stereocenters. The summed E-state index contributed by atoms with van der Waals surface area (Å²) < 4.78 is 2.80. The van der Waals surface area contributed by atoms with Gasteiger partial charge in [0, 0.05) is 23.8 Å². The van der Waals surface area contributed by atoms with E-state index in [4.69, 9.17) is 0 Å². The number of halogens is 1. The number of imidazole rings is 1. The number of fused-ring (bicyclic) bond motifs is 1. The van der Waals surface area contributed by atoms with Crippen molar-refractivity contribution in [3.63, 3.8) is 0 Å². The van der Waals surface area contributed by atoms with Gasteiger partial charge in [0.1, 0.15) is 11.3 Å². The Morgan fingerprint density at radius 3 is 2.68 bits per heavy atom. The van der Waals surface area contributed by atoms with Crippen LogP contribution in [0.4, 0.5) is 0 Å². The van der Waals surface area contributed by atoms with E-state index in [0.29, 0.717) is 12.2 Å². The Hall–Kier alpha value is -1.40. The van der Waals surface area contributed by atoms with Gasteiger partial charge in [0.25, 0.3) is 5.91 Å². The Bertz CT molecular complexity index is 676. The number of nitrogens with one attached hydrogen (secondary N) is 1. The molecular formula is C16H23BrN4O. The lowest BCUT2D eigenvalue weighted by Gasteiger charge is -2.18. The number of hydrogen-bond acceptors (Lipinski definition) is 3. The van der Waals surface area contributed by atoms with Crippen molar-refractivity contribution in [3.8, 4) is 0 Å². The number of likely N-dealkylation sites (N-methyl/N-ethyl adjacent to an activating group) is 1. The van der Waals surface area contributed by atoms with Gasteiger partial charge in [-0.05, 0) is 54.5 Å². The summed E-state index contributed by atoms with van der Waals surface area (Å²) in [5.41, 5.74) is 3.23. The van der Waals surface area contributed by atoms with Crippen LogP contribution in [-0.2, 0) is 0 Å². The number of carbonyl (C=O) groups is 1. The number of hydrogen-bond donors (Lipinski definition) is 1. The maximum absolute atomic E-state index is 12.5. The number of rotatable bonds is 6. The van der Waals surface area contributed by atoms with Crippen LogP contribution in [-0.4, -0.2) is 46.4 Å². The molecule has 0 aliphatic heterocycles. The molecule has 0 bridgehead atoms. The van der Waals surface area contributed by atoms with Crippen molar-refractivity contribution >= 4 is 27.5 Å². The van der Waals surface area contributed by atoms with Crippen LogP contribution in [0.3, 0.4) is 0 Å². The topological polar surface area (TPSA) is 49.6 Å². The van der Waals surface area contributed by atoms with Crippen molar-refractivity contribution in [3.05, 3.63) is 33.7 Å². The van der Waals surface area contributed by atoms with E-state index in [9.17, 15) is 4.79 Å². The van der Waals surface area contributed by atoms with E-state index in [1.54, 1.807) is 0 Å². The van der Waals surface area contributed by atoms with E-state index in [0.717, 1.165) is 41.0 Å². The van der Waals surface area contributed by atoms with Crippen LogP contribution in [0.15, 0.2) is 16.7 Å². The highest BCUT2D eigenvalue weighted by atomic mass is 79.9. The third-order valence-electron chi connectivity index (χ3n) is 3.87. The van der Waals surface area contributed by atoms with Gasteiger partial charge in [-0.1, -0.05) is 13.8 Å². The molecule has 2 aromatic rings. The second-order valence-electron chi connectivity index (χ2n) is 5.36. The maximum atomic E-state index is 12.5. The van der Waals surface area contributed by atoms with E-state index in [2.05, 4.69) is 45.0 Å². The molecule has 1 N–H and O–H groups in total. The molecule has 2 aromatic heterocycles. The number of pyridine rings is 1. The van der Waals surface area contributed by atoms with Crippen molar-refractivity contribution in [2.75, 3.05) is 26.2 Å². The Morgan fingerprint density at radius 1 is 1.36 bits per heavy atom. The standard InChI is InChI=1S/C16H23BrN4O/c1-5-20(6-2)8-7-18-16(22)14-12(4)19-15-11(3)9-13(17)10-21(14)15/h9-10H,5-8H2,1-4H3,(H,18,22). The Balaban J connectivity index is 2.19. The van der Waals surface area contributed by atoms with Crippen molar-refractivity contribution in [1.82, 2.24) is 19.6 Å². The molecule has 0 saturated carbocycles. The lowest BCUT2D eigenvalue weighted by Crippen LogP contribution is -2.35. The van der Waals surface area contributed by atoms with Gasteiger partial charge in [0.05, 0.1) is 5.69 Å². The highest BCUT2D eigenvalue weighted by Crippen LogP contribution is 2.20. The van der Waals surface area contributed by atoms with Gasteiger partial charge in [0.2, 0.25) is 0 Å². The monoisotopic (exact) mass is 366 g/mol. The molecule has 2 rings (SSSR count). The summed E-state index contributed by atoms with van der Waals surface area (Å²) in [6.45, 7) is 11.6. The summed E-state index contributed by atoms with van der Waals surface area (Å²) in [4.78, 5) is 19.3. The molecule has 0 spiro atoms. The average molecular weight is 367 g/mol. The molecule has 0 aliphatic carbocycles. The second kappa shape index (κ2) is 7.24. The first kappa shape index (κ1) is 17.0. The third kappa shape index (κ3) is 3.50. The quantitative estimate of drug-likeness (QED) is 0.854. The van der Waals surface area contributed by atoms with Crippen molar-refractivity contribution < 1.29 is 4.79 Å². The van der Waals surface area contributed by atoms with Gasteiger partial charge < -0.3 is 10.2 Å². The van der Waals surface area contributed by atoms with Gasteiger partial charge in [-0.3, -0.25) is 9.20 Å². The number of nitrogens with zero attached hydrogens (tertiary/aromatic N) is 3. The minimum absolute atomic E-state index is 0.0744. The second-order valence-corrected chi connectivity index (χ2v) is 6.28. The van der Waals surface area contributed by atoms with Gasteiger partial charge in [0.15, 0.2) is 0 Å². The first-order valence-electron chi connectivity index (χ1n) is 7.63. The highest BCUT2D eigenvalue weighted by molar-refractivity contribution is 9.10. The van der Waals surface area contributed by atoms with Gasteiger partial charge in [-0.25, -0.2) is 4.98 Å². The minimum atomic E-state index is -0.0744. The molecule has 0 radical (unpaired) electrons. The summed E-state index contributed by atoms with van der Waals surface area (Å²) in [6.07, 6.45) is 1.89. The van der Waals surface area contributed by atoms with Crippen LogP contribution in [0.1, 0.15) is 35.6 Å². The fourth-order valence-electron chi connectivity index (χ4n) is 2.61. The fraction of sp³-hybridized carbons (Fsp3) is 0.500. The molecule has 0 aromatic carbocycles. The molecule has 0 saturated heterocycles. The first-order valence-corrected chi connectivity index (χ1v) is 8.42. The summed E-state index contributed by atoms with van der Waals surface area (Å²) in [7, 11) is 0. The number of carbonyl (C=O) groups excluding carboxylic acids is 1. The number of aromatic nitrogens is 2. The lowest BCUT2D eigenvalue weighted by atomic mass is 10.3. The number of aryl methyl sites for hydroxylation is 2. The average Bonchev–Trinajstić information content (AvgIpc) is 2.80. The molecule has 6 heteroatoms. The molecule has 0 aliphatic rings. The first-order chi connectivity index (χ1) is 10.5. The van der Waals surface area contributed by atoms with Crippen LogP contribution >= 0.6 is 15.9 Å². The zero-order valence-corrected chi connectivity index (χ0v) is 15.2. The fourth-order valence-corrected chi connectivity index (χ4v) is 3.15. The number of amides is 1. The zero-order chi connectivity index (χ0) is 16.3. The summed E-state index contributed by atoms with van der Waals surface area (Å²) in [5, 5.41) is 3.00. The lowest BCUT2D eigenvalue weighted by molar-refractivity contribution is 0.0942. The van der Waals surface area contributed by atoms with E-state index < -0.39 is 0 Å². The highest BCUT2D eigenvalue weighted by Gasteiger charge is 2.17. The minimum Gasteiger partial charge on any atom is -0.349 e. The van der Waals surface area contributed by atoms with Crippen LogP contribution in [0.25, 0.3) is 5.65 Å². The Labute approximate surface area is 139 Å². The van der Waals surface area contributed by atoms with Crippen LogP contribution in [0, 0.1) is 13.8 Å². The van der Waals surface area contributed by atoms with E-state index in [-0.39, 0.29) is 5.91 Å². The van der Waals surface area contributed by atoms with Crippen LogP contribution in [0.5, 0.6) is 0 Å². The largest absolute Gasteiger partial charge is 0.349 e.